The highest BCUT2D eigenvalue weighted by atomic mass is 32.2. The van der Waals surface area contributed by atoms with E-state index in [2.05, 4.69) is 4.72 Å². The minimum atomic E-state index is -3.47. The summed E-state index contributed by atoms with van der Waals surface area (Å²) in [5, 5.41) is 9.02. The molecule has 5 nitrogen and oxygen atoms in total. The maximum absolute atomic E-state index is 11.9. The van der Waals surface area contributed by atoms with Crippen molar-refractivity contribution in [1.82, 2.24) is 4.72 Å². The summed E-state index contributed by atoms with van der Waals surface area (Å²) in [6.45, 7) is 1.95. The smallest absolute Gasteiger partial charge is 0.321 e. The molecule has 1 aliphatic carbocycles. The van der Waals surface area contributed by atoms with Gasteiger partial charge in [0.2, 0.25) is 10.0 Å². The van der Waals surface area contributed by atoms with Crippen LogP contribution in [0, 0.1) is 5.92 Å². The first kappa shape index (κ1) is 16.4. The molecule has 0 radical (unpaired) electrons. The maximum Gasteiger partial charge on any atom is 0.321 e. The van der Waals surface area contributed by atoms with Crippen molar-refractivity contribution in [2.75, 3.05) is 5.75 Å². The number of rotatable bonds is 9. The van der Waals surface area contributed by atoms with E-state index in [1.165, 1.54) is 12.8 Å². The lowest BCUT2D eigenvalue weighted by Gasteiger charge is -2.15. The molecule has 2 N–H and O–H groups in total. The van der Waals surface area contributed by atoms with Gasteiger partial charge in [0.05, 0.1) is 5.75 Å². The molecule has 0 amide bonds. The van der Waals surface area contributed by atoms with Crippen LogP contribution in [0.3, 0.4) is 0 Å². The summed E-state index contributed by atoms with van der Waals surface area (Å²) in [6, 6.07) is -0.978. The van der Waals surface area contributed by atoms with E-state index < -0.39 is 22.0 Å². The van der Waals surface area contributed by atoms with Crippen LogP contribution in [0.1, 0.15) is 58.3 Å². The predicted octanol–water partition coefficient (Wildman–Crippen LogP) is 2.13. The van der Waals surface area contributed by atoms with Crippen molar-refractivity contribution in [1.29, 1.82) is 0 Å². The van der Waals surface area contributed by atoms with Crippen molar-refractivity contribution < 1.29 is 18.3 Å². The summed E-state index contributed by atoms with van der Waals surface area (Å²) < 4.78 is 26.1. The van der Waals surface area contributed by atoms with Crippen LogP contribution in [0.15, 0.2) is 0 Å². The van der Waals surface area contributed by atoms with Crippen LogP contribution in [-0.4, -0.2) is 31.3 Å². The molecule has 0 aromatic heterocycles. The van der Waals surface area contributed by atoms with Gasteiger partial charge in [-0.25, -0.2) is 13.1 Å². The van der Waals surface area contributed by atoms with E-state index >= 15 is 0 Å². The minimum Gasteiger partial charge on any atom is -0.480 e. The van der Waals surface area contributed by atoms with Crippen LogP contribution >= 0.6 is 0 Å². The van der Waals surface area contributed by atoms with Crippen LogP contribution in [0.4, 0.5) is 0 Å². The molecule has 112 valence electrons. The summed E-state index contributed by atoms with van der Waals surface area (Å²) in [6.07, 6.45) is 7.15. The van der Waals surface area contributed by atoms with E-state index in [0.717, 1.165) is 19.3 Å². The average Bonchev–Trinajstić information content (AvgIpc) is 2.85. The number of aliphatic carboxylic acids is 1. The second-order valence-corrected chi connectivity index (χ2v) is 7.28. The minimum absolute atomic E-state index is 0.0492. The Bertz CT molecular complexity index is 374. The zero-order valence-corrected chi connectivity index (χ0v) is 12.4. The molecule has 0 aromatic rings. The van der Waals surface area contributed by atoms with E-state index in [1.807, 2.05) is 6.92 Å². The van der Waals surface area contributed by atoms with Crippen LogP contribution in [0.2, 0.25) is 0 Å². The van der Waals surface area contributed by atoms with Gasteiger partial charge in [0.15, 0.2) is 0 Å². The van der Waals surface area contributed by atoms with Crippen LogP contribution in [0.5, 0.6) is 0 Å². The SMILES string of the molecule is CCCCC(NS(=O)(=O)CCC1CCCC1)C(=O)O. The van der Waals surface area contributed by atoms with Crippen molar-refractivity contribution in [3.8, 4) is 0 Å². The Balaban J connectivity index is 2.43. The van der Waals surface area contributed by atoms with E-state index in [1.54, 1.807) is 0 Å². The van der Waals surface area contributed by atoms with Gasteiger partial charge >= 0.3 is 5.97 Å². The molecule has 19 heavy (non-hydrogen) atoms. The lowest BCUT2D eigenvalue weighted by atomic mass is 10.1. The molecule has 0 saturated heterocycles. The molecule has 0 aliphatic heterocycles. The second kappa shape index (κ2) is 7.85. The summed E-state index contributed by atoms with van der Waals surface area (Å²) >= 11 is 0. The van der Waals surface area contributed by atoms with E-state index in [9.17, 15) is 13.2 Å². The number of unbranched alkanes of at least 4 members (excludes halogenated alkanes) is 1. The van der Waals surface area contributed by atoms with Gasteiger partial charge < -0.3 is 5.11 Å². The molecule has 1 fully saturated rings. The summed E-state index contributed by atoms with van der Waals surface area (Å²) in [4.78, 5) is 11.0. The molecule has 0 spiro atoms. The zero-order valence-electron chi connectivity index (χ0n) is 11.6. The Kier molecular flexibility index (Phi) is 6.79. The molecule has 1 unspecified atom stereocenters. The Morgan fingerprint density at radius 1 is 1.37 bits per heavy atom. The third-order valence-electron chi connectivity index (χ3n) is 3.74. The molecular weight excluding hydrogens is 266 g/mol. The zero-order chi connectivity index (χ0) is 14.3. The van der Waals surface area contributed by atoms with Crippen LogP contribution < -0.4 is 4.72 Å². The van der Waals surface area contributed by atoms with Crippen molar-refractivity contribution in [2.24, 2.45) is 5.92 Å². The Morgan fingerprint density at radius 3 is 2.53 bits per heavy atom. The number of nitrogens with one attached hydrogen (secondary N) is 1. The molecule has 1 saturated carbocycles. The summed E-state index contributed by atoms with van der Waals surface area (Å²) in [5.74, 6) is -0.540. The summed E-state index contributed by atoms with van der Waals surface area (Å²) in [7, 11) is -3.47. The molecule has 1 atom stereocenters. The van der Waals surface area contributed by atoms with Gasteiger partial charge in [-0.3, -0.25) is 4.79 Å². The van der Waals surface area contributed by atoms with Gasteiger partial charge in [-0.05, 0) is 18.8 Å². The third kappa shape index (κ3) is 6.38. The van der Waals surface area contributed by atoms with Crippen molar-refractivity contribution in [2.45, 2.75) is 64.3 Å². The van der Waals surface area contributed by atoms with Crippen molar-refractivity contribution in [3.05, 3.63) is 0 Å². The van der Waals surface area contributed by atoms with Gasteiger partial charge in [-0.15, -0.1) is 0 Å². The molecule has 0 heterocycles. The number of hydrogen-bond donors (Lipinski definition) is 2. The van der Waals surface area contributed by atoms with E-state index in [4.69, 9.17) is 5.11 Å². The van der Waals surface area contributed by atoms with Gasteiger partial charge in [-0.1, -0.05) is 45.4 Å². The summed E-state index contributed by atoms with van der Waals surface area (Å²) in [5.41, 5.74) is 0. The van der Waals surface area contributed by atoms with E-state index in [-0.39, 0.29) is 5.75 Å². The fourth-order valence-corrected chi connectivity index (χ4v) is 3.95. The number of carboxylic acids is 1. The molecule has 1 rings (SSSR count). The maximum atomic E-state index is 11.9. The van der Waals surface area contributed by atoms with E-state index in [0.29, 0.717) is 25.2 Å². The van der Waals surface area contributed by atoms with Crippen LogP contribution in [-0.2, 0) is 14.8 Å². The molecule has 1 aliphatic rings. The number of carboxylic acid groups (broad SMARTS) is 1. The Morgan fingerprint density at radius 2 is 2.00 bits per heavy atom. The van der Waals surface area contributed by atoms with Crippen molar-refractivity contribution in [3.63, 3.8) is 0 Å². The standard InChI is InChI=1S/C13H25NO4S/c1-2-3-8-12(13(15)16)14-19(17,18)10-9-11-6-4-5-7-11/h11-12,14H,2-10H2,1H3,(H,15,16). The van der Waals surface area contributed by atoms with Crippen molar-refractivity contribution >= 4 is 16.0 Å². The average molecular weight is 291 g/mol. The molecule has 6 heteroatoms. The number of sulfonamides is 1. The second-order valence-electron chi connectivity index (χ2n) is 5.41. The first-order valence-electron chi connectivity index (χ1n) is 7.17. The lowest BCUT2D eigenvalue weighted by molar-refractivity contribution is -0.139. The highest BCUT2D eigenvalue weighted by Gasteiger charge is 2.25. The lowest BCUT2D eigenvalue weighted by Crippen LogP contribution is -2.41. The largest absolute Gasteiger partial charge is 0.480 e. The third-order valence-corrected chi connectivity index (χ3v) is 5.15. The first-order valence-corrected chi connectivity index (χ1v) is 8.82. The number of hydrogen-bond acceptors (Lipinski definition) is 3. The number of carbonyl (C=O) groups is 1. The normalized spacial score (nSPS) is 18.6. The quantitative estimate of drug-likeness (QED) is 0.681. The highest BCUT2D eigenvalue weighted by molar-refractivity contribution is 7.89. The topological polar surface area (TPSA) is 83.5 Å². The predicted molar refractivity (Wildman–Crippen MR) is 74.4 cm³/mol. The fourth-order valence-electron chi connectivity index (χ4n) is 2.54. The van der Waals surface area contributed by atoms with Gasteiger partial charge in [0, 0.05) is 0 Å². The van der Waals surface area contributed by atoms with Gasteiger partial charge in [-0.2, -0.15) is 0 Å². The fraction of sp³-hybridized carbons (Fsp3) is 0.923. The van der Waals surface area contributed by atoms with Gasteiger partial charge in [0.25, 0.3) is 0 Å². The molecule has 0 aromatic carbocycles. The molecule has 0 bridgehead atoms. The highest BCUT2D eigenvalue weighted by Crippen LogP contribution is 2.27. The Hall–Kier alpha value is -0.620. The monoisotopic (exact) mass is 291 g/mol. The van der Waals surface area contributed by atoms with Crippen LogP contribution in [0.25, 0.3) is 0 Å². The van der Waals surface area contributed by atoms with Gasteiger partial charge in [0.1, 0.15) is 6.04 Å². The molecular formula is C13H25NO4S. The Labute approximate surface area is 115 Å². The first-order chi connectivity index (χ1) is 8.94.